The lowest BCUT2D eigenvalue weighted by Crippen LogP contribution is -2.36. The van der Waals surface area contributed by atoms with Gasteiger partial charge in [-0.25, -0.2) is 0 Å². The van der Waals surface area contributed by atoms with Crippen LogP contribution in [-0.2, 0) is 6.18 Å². The molecule has 3 aromatic rings. The number of anilines is 2. The zero-order chi connectivity index (χ0) is 20.9. The lowest BCUT2D eigenvalue weighted by atomic mass is 9.81. The maximum absolute atomic E-state index is 13.1. The molecule has 158 valence electrons. The van der Waals surface area contributed by atoms with Crippen LogP contribution >= 0.6 is 0 Å². The number of benzene rings is 1. The van der Waals surface area contributed by atoms with Gasteiger partial charge in [0.1, 0.15) is 11.6 Å². The zero-order valence-corrected chi connectivity index (χ0v) is 16.4. The Labute approximate surface area is 170 Å². The predicted octanol–water partition coefficient (Wildman–Crippen LogP) is 3.58. The number of nitrogens with zero attached hydrogens (tertiary/aromatic N) is 5. The van der Waals surface area contributed by atoms with Gasteiger partial charge in [0, 0.05) is 31.2 Å². The third-order valence-electron chi connectivity index (χ3n) is 6.11. The highest BCUT2D eigenvalue weighted by atomic mass is 19.4. The van der Waals surface area contributed by atoms with Crippen LogP contribution in [0.25, 0.3) is 5.65 Å². The van der Waals surface area contributed by atoms with Crippen molar-refractivity contribution in [3.05, 3.63) is 41.7 Å². The van der Waals surface area contributed by atoms with Gasteiger partial charge in [0.2, 0.25) is 0 Å². The van der Waals surface area contributed by atoms with E-state index in [1.54, 1.807) is 13.2 Å². The fourth-order valence-electron chi connectivity index (χ4n) is 4.54. The molecule has 2 aromatic heterocycles. The summed E-state index contributed by atoms with van der Waals surface area (Å²) in [5.74, 6) is 1.16. The van der Waals surface area contributed by atoms with E-state index in [4.69, 9.17) is 4.74 Å². The van der Waals surface area contributed by atoms with Gasteiger partial charge in [-0.15, -0.1) is 15.3 Å². The van der Waals surface area contributed by atoms with Crippen molar-refractivity contribution in [1.82, 2.24) is 19.8 Å². The van der Waals surface area contributed by atoms with Gasteiger partial charge < -0.3 is 15.0 Å². The van der Waals surface area contributed by atoms with Crippen LogP contribution in [0.1, 0.15) is 30.1 Å². The molecular weight excluding hydrogens is 397 g/mol. The number of piperidine rings is 1. The average molecular weight is 418 g/mol. The van der Waals surface area contributed by atoms with Gasteiger partial charge in [0.05, 0.1) is 7.11 Å². The van der Waals surface area contributed by atoms with E-state index >= 15 is 0 Å². The molecule has 0 radical (unpaired) electrons. The molecule has 0 bridgehead atoms. The van der Waals surface area contributed by atoms with Crippen molar-refractivity contribution in [2.45, 2.75) is 24.9 Å². The van der Waals surface area contributed by atoms with Gasteiger partial charge in [-0.2, -0.15) is 17.7 Å². The maximum Gasteiger partial charge on any atom is 0.453 e. The predicted molar refractivity (Wildman–Crippen MR) is 105 cm³/mol. The van der Waals surface area contributed by atoms with Gasteiger partial charge in [-0.1, -0.05) is 0 Å². The van der Waals surface area contributed by atoms with Gasteiger partial charge in [-0.3, -0.25) is 0 Å². The topological polar surface area (TPSA) is 67.6 Å². The van der Waals surface area contributed by atoms with Gasteiger partial charge in [0.15, 0.2) is 5.65 Å². The minimum atomic E-state index is -4.60. The fraction of sp³-hybridized carbons (Fsp3) is 0.450. The normalized spacial score (nSPS) is 19.7. The molecule has 1 saturated heterocycles. The Morgan fingerprint density at radius 1 is 1.10 bits per heavy atom. The summed E-state index contributed by atoms with van der Waals surface area (Å²) in [7, 11) is 1.67. The smallest absolute Gasteiger partial charge is 0.453 e. The SMILES string of the molecule is COc1ccc2c(c1)C(C1CCN(c3ccc4nnc(C(F)(F)F)n4n3)CC1)CN2. The van der Waals surface area contributed by atoms with Crippen LogP contribution in [0.15, 0.2) is 30.3 Å². The third-order valence-corrected chi connectivity index (χ3v) is 6.11. The molecule has 0 saturated carbocycles. The molecular formula is C20H21F3N6O. The molecule has 0 amide bonds. The average Bonchev–Trinajstić information content (AvgIpc) is 3.37. The Kier molecular flexibility index (Phi) is 4.44. The molecule has 1 N–H and O–H groups in total. The molecule has 0 spiro atoms. The largest absolute Gasteiger partial charge is 0.497 e. The number of rotatable bonds is 3. The van der Waals surface area contributed by atoms with E-state index in [-0.39, 0.29) is 5.65 Å². The lowest BCUT2D eigenvalue weighted by Gasteiger charge is -2.35. The molecule has 7 nitrogen and oxygen atoms in total. The number of hydrogen-bond acceptors (Lipinski definition) is 6. The minimum Gasteiger partial charge on any atom is -0.497 e. The maximum atomic E-state index is 13.1. The van der Waals surface area contributed by atoms with Crippen molar-refractivity contribution < 1.29 is 17.9 Å². The lowest BCUT2D eigenvalue weighted by molar-refractivity contribution is -0.146. The first-order valence-electron chi connectivity index (χ1n) is 9.90. The number of fused-ring (bicyclic) bond motifs is 2. The van der Waals surface area contributed by atoms with Crippen LogP contribution in [0.5, 0.6) is 5.75 Å². The molecule has 0 aliphatic carbocycles. The summed E-state index contributed by atoms with van der Waals surface area (Å²) >= 11 is 0. The van der Waals surface area contributed by atoms with Crippen molar-refractivity contribution in [1.29, 1.82) is 0 Å². The second-order valence-corrected chi connectivity index (χ2v) is 7.75. The summed E-state index contributed by atoms with van der Waals surface area (Å²) in [6.07, 6.45) is -2.71. The van der Waals surface area contributed by atoms with Crippen LogP contribution in [0, 0.1) is 5.92 Å². The summed E-state index contributed by atoms with van der Waals surface area (Å²) in [5.41, 5.74) is 2.53. The summed E-state index contributed by atoms with van der Waals surface area (Å²) < 4.78 is 45.6. The fourth-order valence-corrected chi connectivity index (χ4v) is 4.54. The van der Waals surface area contributed by atoms with Crippen LogP contribution in [0.2, 0.25) is 0 Å². The number of halogens is 3. The molecule has 4 heterocycles. The van der Waals surface area contributed by atoms with E-state index < -0.39 is 12.0 Å². The Hall–Kier alpha value is -3.04. The first kappa shape index (κ1) is 19.0. The van der Waals surface area contributed by atoms with Crippen molar-refractivity contribution in [2.75, 3.05) is 37.0 Å². The number of ether oxygens (including phenoxy) is 1. The van der Waals surface area contributed by atoms with Crippen LogP contribution in [-0.4, -0.2) is 46.6 Å². The third kappa shape index (κ3) is 3.20. The zero-order valence-electron chi connectivity index (χ0n) is 16.4. The number of hydrogen-bond donors (Lipinski definition) is 1. The Bertz CT molecular complexity index is 1070. The van der Waals surface area contributed by atoms with Gasteiger partial charge in [0.25, 0.3) is 5.82 Å². The summed E-state index contributed by atoms with van der Waals surface area (Å²) in [6.45, 7) is 2.37. The minimum absolute atomic E-state index is 0.0866. The number of nitrogens with one attached hydrogen (secondary N) is 1. The van der Waals surface area contributed by atoms with Crippen molar-refractivity contribution in [3.63, 3.8) is 0 Å². The quantitative estimate of drug-likeness (QED) is 0.701. The van der Waals surface area contributed by atoms with Crippen molar-refractivity contribution in [2.24, 2.45) is 5.92 Å². The first-order valence-corrected chi connectivity index (χ1v) is 9.90. The highest BCUT2D eigenvalue weighted by Gasteiger charge is 2.38. The van der Waals surface area contributed by atoms with E-state index in [0.717, 1.165) is 48.4 Å². The van der Waals surface area contributed by atoms with E-state index in [9.17, 15) is 13.2 Å². The van der Waals surface area contributed by atoms with E-state index in [2.05, 4.69) is 32.7 Å². The van der Waals surface area contributed by atoms with Gasteiger partial charge in [-0.05, 0) is 54.7 Å². The monoisotopic (exact) mass is 418 g/mol. The summed E-state index contributed by atoms with van der Waals surface area (Å²) in [4.78, 5) is 2.03. The van der Waals surface area contributed by atoms with Crippen LogP contribution in [0.3, 0.4) is 0 Å². The van der Waals surface area contributed by atoms with Crippen molar-refractivity contribution >= 4 is 17.2 Å². The van der Waals surface area contributed by atoms with Crippen LogP contribution in [0.4, 0.5) is 24.7 Å². The molecule has 30 heavy (non-hydrogen) atoms. The highest BCUT2D eigenvalue weighted by molar-refractivity contribution is 5.60. The number of aromatic nitrogens is 4. The molecule has 1 unspecified atom stereocenters. The molecule has 1 fully saturated rings. The van der Waals surface area contributed by atoms with E-state index in [0.29, 0.717) is 17.7 Å². The summed E-state index contributed by atoms with van der Waals surface area (Å²) in [6, 6.07) is 9.35. The standard InChI is InChI=1S/C20H21F3N6O/c1-30-13-2-3-16-14(10-13)15(11-24-16)12-6-8-28(9-7-12)18-5-4-17-25-26-19(20(21,22)23)29(17)27-18/h2-5,10,12,15,24H,6-9,11H2,1H3. The highest BCUT2D eigenvalue weighted by Crippen LogP contribution is 2.42. The molecule has 1 atom stereocenters. The van der Waals surface area contributed by atoms with Gasteiger partial charge >= 0.3 is 6.18 Å². The number of alkyl halides is 3. The number of methoxy groups -OCH3 is 1. The molecule has 2 aliphatic heterocycles. The summed E-state index contributed by atoms with van der Waals surface area (Å²) in [5, 5.41) is 14.5. The second-order valence-electron chi connectivity index (χ2n) is 7.75. The molecule has 10 heteroatoms. The molecule has 2 aliphatic rings. The van der Waals surface area contributed by atoms with E-state index in [1.165, 1.54) is 11.6 Å². The molecule has 1 aromatic carbocycles. The van der Waals surface area contributed by atoms with Crippen LogP contribution < -0.4 is 15.0 Å². The van der Waals surface area contributed by atoms with E-state index in [1.807, 2.05) is 11.0 Å². The van der Waals surface area contributed by atoms with Crippen molar-refractivity contribution in [3.8, 4) is 5.75 Å². The Balaban J connectivity index is 1.33. The first-order chi connectivity index (χ1) is 14.4. The molecule has 5 rings (SSSR count). The second kappa shape index (κ2) is 7.03. The Morgan fingerprint density at radius 2 is 1.90 bits per heavy atom. The Morgan fingerprint density at radius 3 is 2.63 bits per heavy atom.